The second kappa shape index (κ2) is 39.9. The van der Waals surface area contributed by atoms with Crippen LogP contribution < -0.4 is 18.9 Å². The van der Waals surface area contributed by atoms with Gasteiger partial charge in [-0.25, -0.2) is 0 Å². The molecular formula is C104H96O4S4. The molecule has 0 fully saturated rings. The van der Waals surface area contributed by atoms with Gasteiger partial charge in [0.15, 0.2) is 0 Å². The van der Waals surface area contributed by atoms with Gasteiger partial charge in [0.2, 0.25) is 0 Å². The van der Waals surface area contributed by atoms with Crippen LogP contribution in [0.3, 0.4) is 0 Å². The van der Waals surface area contributed by atoms with Crippen molar-refractivity contribution in [2.45, 2.75) is 73.0 Å². The Hall–Kier alpha value is -10.8. The zero-order chi connectivity index (χ0) is 77.4. The van der Waals surface area contributed by atoms with Crippen LogP contribution in [0.1, 0.15) is 161 Å². The van der Waals surface area contributed by atoms with E-state index in [2.05, 4.69) is 393 Å². The molecule has 0 saturated heterocycles. The van der Waals surface area contributed by atoms with Gasteiger partial charge < -0.3 is 18.9 Å². The number of benzene rings is 12. The van der Waals surface area contributed by atoms with E-state index in [1.54, 1.807) is 47.0 Å². The molecule has 0 aliphatic heterocycles. The lowest BCUT2D eigenvalue weighted by Crippen LogP contribution is -2.10. The van der Waals surface area contributed by atoms with Crippen LogP contribution >= 0.6 is 47.0 Å². The number of hydrogen-bond acceptors (Lipinski definition) is 8. The van der Waals surface area contributed by atoms with Crippen molar-refractivity contribution in [1.29, 1.82) is 0 Å². The van der Waals surface area contributed by atoms with Crippen LogP contribution in [0.5, 0.6) is 23.0 Å². The minimum Gasteiger partial charge on any atom is -0.493 e. The summed E-state index contributed by atoms with van der Waals surface area (Å²) in [5.74, 6) is 3.45. The first-order chi connectivity index (χ1) is 55.0. The molecular weight excluding hydrogens is 1440 g/mol. The normalized spacial score (nSPS) is 12.5. The number of fused-ring (bicyclic) bond motifs is 8. The maximum absolute atomic E-state index is 7.05. The fourth-order valence-electron chi connectivity index (χ4n) is 14.0. The van der Waals surface area contributed by atoms with E-state index < -0.39 is 0 Å². The molecule has 0 atom stereocenters. The Morgan fingerprint density at radius 1 is 0.188 bits per heavy atom. The third-order valence-electron chi connectivity index (χ3n) is 19.7. The zero-order valence-electron chi connectivity index (χ0n) is 65.3. The fourth-order valence-corrected chi connectivity index (χ4v) is 15.6. The topological polar surface area (TPSA) is 36.9 Å². The predicted octanol–water partition coefficient (Wildman–Crippen LogP) is 28.2. The second-order valence-corrected chi connectivity index (χ2v) is 31.1. The highest BCUT2D eigenvalue weighted by Crippen LogP contribution is 2.42. The molecule has 560 valence electrons. The smallest absolute Gasteiger partial charge is 0.126 e. The largest absolute Gasteiger partial charge is 0.493 e. The molecule has 13 rings (SSSR count). The molecule has 1 aliphatic carbocycles. The van der Waals surface area contributed by atoms with Crippen molar-refractivity contribution >= 4 is 144 Å². The van der Waals surface area contributed by atoms with E-state index in [1.165, 1.54) is 41.8 Å². The predicted molar refractivity (Wildman–Crippen MR) is 492 cm³/mol. The minimum atomic E-state index is 0.472. The lowest BCUT2D eigenvalue weighted by molar-refractivity contribution is 0.326. The standard InChI is InChI=1S/C104H96O4S4/c1-9-105-101-89-61-85(41-37-77-21-13-73(14-22-77)29-33-81-45-53-97(109-5)54-46-81)62-90(101)70-92-64-87(43-39-79-25-17-75(18-26-79)31-35-83-49-57-99(111-7)58-50-83)66-94(103(92)107-11-3)72-96-68-88(44-40-80-27-19-76(20-28-80)32-36-84-51-59-100(112-8)60-52-84)67-95(104(96)108-12-4)71-93-65-86(63-91(69-89)102(93)106-10-2)42-38-78-23-15-74(16-24-78)30-34-82-47-55-98(110-6)56-48-82/h13-68H,9-12,69-72H2,1-8H3/b33-29-,34-30+,35-31+,36-32+,41-37?,42-38+,43-39+,44-40+. The van der Waals surface area contributed by atoms with E-state index in [-0.39, 0.29) is 0 Å². The van der Waals surface area contributed by atoms with Crippen molar-refractivity contribution in [3.05, 3.63) is 376 Å². The Morgan fingerprint density at radius 3 is 0.420 bits per heavy atom. The second-order valence-electron chi connectivity index (χ2n) is 27.5. The molecule has 0 aromatic heterocycles. The van der Waals surface area contributed by atoms with Gasteiger partial charge >= 0.3 is 0 Å². The quantitative estimate of drug-likeness (QED) is 0.0355. The van der Waals surface area contributed by atoms with Crippen LogP contribution in [0.4, 0.5) is 0 Å². The lowest BCUT2D eigenvalue weighted by Gasteiger charge is -2.24. The first-order valence-corrected chi connectivity index (χ1v) is 43.5. The van der Waals surface area contributed by atoms with Gasteiger partial charge in [0.05, 0.1) is 26.4 Å². The number of ether oxygens (including phenoxy) is 4. The highest BCUT2D eigenvalue weighted by Gasteiger charge is 2.24. The summed E-state index contributed by atoms with van der Waals surface area (Å²) in [5.41, 5.74) is 26.4. The summed E-state index contributed by atoms with van der Waals surface area (Å²) in [6.07, 6.45) is 45.9. The van der Waals surface area contributed by atoms with Crippen LogP contribution in [-0.4, -0.2) is 51.5 Å². The van der Waals surface area contributed by atoms with E-state index in [1.807, 2.05) is 0 Å². The Kier molecular flexibility index (Phi) is 28.2. The Balaban J connectivity index is 0.947. The summed E-state index contributed by atoms with van der Waals surface area (Å²) < 4.78 is 28.2. The van der Waals surface area contributed by atoms with Crippen molar-refractivity contribution in [1.82, 2.24) is 0 Å². The molecule has 0 heterocycles. The van der Waals surface area contributed by atoms with E-state index in [9.17, 15) is 0 Å². The summed E-state index contributed by atoms with van der Waals surface area (Å²) in [7, 11) is 0. The van der Waals surface area contributed by atoms with Gasteiger partial charge in [-0.1, -0.05) is 243 Å². The Labute approximate surface area is 681 Å². The monoisotopic (exact) mass is 1540 g/mol. The van der Waals surface area contributed by atoms with Crippen molar-refractivity contribution in [2.24, 2.45) is 0 Å². The van der Waals surface area contributed by atoms with Crippen molar-refractivity contribution in [2.75, 3.05) is 51.5 Å². The summed E-state index contributed by atoms with van der Waals surface area (Å²) in [5, 5.41) is 0. The summed E-state index contributed by atoms with van der Waals surface area (Å²) >= 11 is 7.02. The number of rotatable bonds is 28. The van der Waals surface area contributed by atoms with Crippen molar-refractivity contribution < 1.29 is 18.9 Å². The van der Waals surface area contributed by atoms with Crippen molar-refractivity contribution in [3.8, 4) is 23.0 Å². The lowest BCUT2D eigenvalue weighted by atomic mass is 9.88. The van der Waals surface area contributed by atoms with Crippen LogP contribution in [0.15, 0.2) is 262 Å². The third kappa shape index (κ3) is 21.8. The molecule has 112 heavy (non-hydrogen) atoms. The molecule has 0 N–H and O–H groups in total. The molecule has 4 nitrogen and oxygen atoms in total. The average Bonchev–Trinajstić information content (AvgIpc) is 0.773. The Morgan fingerprint density at radius 2 is 0.304 bits per heavy atom. The molecule has 0 spiro atoms. The zero-order valence-corrected chi connectivity index (χ0v) is 68.5. The Bertz CT molecular complexity index is 4640. The van der Waals surface area contributed by atoms with E-state index in [0.717, 1.165) is 134 Å². The van der Waals surface area contributed by atoms with Crippen LogP contribution in [0, 0.1) is 0 Å². The molecule has 1 aliphatic rings. The SMILES string of the molecule is CCOc1c2cc(C=Cc3ccc(/C=C\c4ccc(SC)cc4)cc3)cc1Cc1cc(/C=C/c3ccc(/C=C/c4ccc(SC)cc4)cc3)cc(c1OCC)Cc1cc(/C=C/c3ccc(/C=C/c4ccc(SC)cc4)cc3)cc(c1OCC)Cc1cc(/C=C/c3ccc(/C=C/c4ccc(SC)cc4)cc3)cc(c1OCC)C2. The first-order valence-electron chi connectivity index (χ1n) is 38.6. The maximum atomic E-state index is 7.05. The molecule has 12 aromatic carbocycles. The summed E-state index contributed by atoms with van der Waals surface area (Å²) in [6, 6.07) is 88.5. The number of hydrogen-bond donors (Lipinski definition) is 0. The van der Waals surface area contributed by atoms with Gasteiger partial charge in [-0.2, -0.15) is 0 Å². The average molecular weight is 1540 g/mol. The van der Waals surface area contributed by atoms with Gasteiger partial charge in [0.25, 0.3) is 0 Å². The van der Waals surface area contributed by atoms with Gasteiger partial charge in [-0.3, -0.25) is 0 Å². The maximum Gasteiger partial charge on any atom is 0.126 e. The van der Waals surface area contributed by atoms with E-state index in [4.69, 9.17) is 18.9 Å². The van der Waals surface area contributed by atoms with Crippen LogP contribution in [0.25, 0.3) is 97.2 Å². The van der Waals surface area contributed by atoms with Crippen molar-refractivity contribution in [3.63, 3.8) is 0 Å². The van der Waals surface area contributed by atoms with Gasteiger partial charge in [0.1, 0.15) is 23.0 Å². The molecule has 12 aromatic rings. The molecule has 0 unspecified atom stereocenters. The highest BCUT2D eigenvalue weighted by molar-refractivity contribution is 7.99. The number of thioether (sulfide) groups is 4. The van der Waals surface area contributed by atoms with E-state index in [0.29, 0.717) is 52.1 Å². The molecule has 0 saturated carbocycles. The minimum absolute atomic E-state index is 0.472. The molecule has 0 radical (unpaired) electrons. The first kappa shape index (κ1) is 79.3. The van der Waals surface area contributed by atoms with Crippen LogP contribution in [-0.2, 0) is 25.7 Å². The highest BCUT2D eigenvalue weighted by atomic mass is 32.2. The van der Waals surface area contributed by atoms with Gasteiger partial charge in [0, 0.05) is 45.3 Å². The van der Waals surface area contributed by atoms with Gasteiger partial charge in [-0.15, -0.1) is 47.0 Å². The van der Waals surface area contributed by atoms with Gasteiger partial charge in [-0.05, 0) is 283 Å². The van der Waals surface area contributed by atoms with E-state index >= 15 is 0 Å². The molecule has 8 bridgehead atoms. The fraction of sp³-hybridized carbons (Fsp3) is 0.154. The van der Waals surface area contributed by atoms with Crippen LogP contribution in [0.2, 0.25) is 0 Å². The third-order valence-corrected chi connectivity index (χ3v) is 22.7. The molecule has 0 amide bonds. The summed E-state index contributed by atoms with van der Waals surface area (Å²) in [6.45, 7) is 10.3. The molecule has 8 heteroatoms. The summed E-state index contributed by atoms with van der Waals surface area (Å²) in [4.78, 5) is 5.02.